The lowest BCUT2D eigenvalue weighted by molar-refractivity contribution is -0.317. The summed E-state index contributed by atoms with van der Waals surface area (Å²) in [6.07, 6.45) is -9.37. The van der Waals surface area contributed by atoms with Crippen molar-refractivity contribution in [1.82, 2.24) is 14.8 Å². The highest BCUT2D eigenvalue weighted by Crippen LogP contribution is 2.42. The van der Waals surface area contributed by atoms with Crippen molar-refractivity contribution in [2.45, 2.75) is 197 Å². The Hall–Kier alpha value is -4.49. The number of amides is 1. The maximum Gasteiger partial charge on any atom is 0.407 e. The van der Waals surface area contributed by atoms with E-state index in [1.807, 2.05) is 42.6 Å². The largest absolute Gasteiger partial charge is 0.477 e. The molecular weight excluding hydrogens is 1060 g/mol. The van der Waals surface area contributed by atoms with Gasteiger partial charge >= 0.3 is 18.0 Å². The molecule has 5 heterocycles. The maximum absolute atomic E-state index is 14.6. The quantitative estimate of drug-likeness (QED) is 0.0527. The molecule has 18 atom stereocenters. The van der Waals surface area contributed by atoms with E-state index in [2.05, 4.69) is 10.5 Å². The fourth-order valence-corrected chi connectivity index (χ4v) is 12.9. The monoisotopic (exact) mass is 1150 g/mol. The van der Waals surface area contributed by atoms with Gasteiger partial charge in [0.2, 0.25) is 12.0 Å². The van der Waals surface area contributed by atoms with Crippen LogP contribution >= 0.6 is 11.8 Å². The van der Waals surface area contributed by atoms with Crippen LogP contribution in [0.4, 0.5) is 4.79 Å². The van der Waals surface area contributed by atoms with Crippen molar-refractivity contribution in [3.05, 3.63) is 39.7 Å². The number of carbonyl (C=O) groups excluding carboxylic acids is 2. The maximum atomic E-state index is 14.6. The molecule has 4 aliphatic heterocycles. The Balaban J connectivity index is 1.18. The highest BCUT2D eigenvalue weighted by atomic mass is 32.2. The van der Waals surface area contributed by atoms with Crippen LogP contribution < -0.4 is 10.7 Å². The SMILES string of the molecule is CC[C@H]1OC(=O)[C@H](C)[C@@H](O[C@H]2C[C@@](C)(OC)[C@@H](OC(=O)NCCOCCSc3cc4c5c(c3)c(=O)c(C(=O)O)cn5CC4)[C@H](C)O2)[C@H](C)[C@@H](OC2O[C@H](C)C[C@H](N(C)C)[C@H]2O)[C@](C)(O)C[C@@H](C)/C(=N\OCC#N)[C@H](C)[C@@H](O)[C@]1(C)O. The number of carboxylic acids is 1. The normalized spacial score (nSPS) is 36.7. The first-order valence-electron chi connectivity index (χ1n) is 27.6. The number of aliphatic hydroxyl groups is 4. The number of nitrogens with zero attached hydrogens (tertiary/aromatic N) is 4. The molecule has 3 saturated heterocycles. The fourth-order valence-electron chi connectivity index (χ4n) is 12.1. The van der Waals surface area contributed by atoms with Crippen molar-refractivity contribution >= 4 is 46.4 Å². The summed E-state index contributed by atoms with van der Waals surface area (Å²) in [7, 11) is 5.13. The summed E-state index contributed by atoms with van der Waals surface area (Å²) in [6.45, 7) is 17.3. The van der Waals surface area contributed by atoms with E-state index in [4.69, 9.17) is 42.7 Å². The van der Waals surface area contributed by atoms with Gasteiger partial charge in [-0.1, -0.05) is 32.9 Å². The number of aromatic carboxylic acids is 1. The zero-order valence-electron chi connectivity index (χ0n) is 48.4. The number of carbonyl (C=O) groups is 3. The van der Waals surface area contributed by atoms with Gasteiger partial charge < -0.3 is 83.0 Å². The number of rotatable bonds is 18. The second-order valence-electron chi connectivity index (χ2n) is 22.9. The van der Waals surface area contributed by atoms with Gasteiger partial charge in [-0.15, -0.1) is 11.8 Å². The van der Waals surface area contributed by atoms with Crippen LogP contribution in [0.25, 0.3) is 10.9 Å². The van der Waals surface area contributed by atoms with Crippen LogP contribution in [-0.2, 0) is 60.5 Å². The van der Waals surface area contributed by atoms with Crippen LogP contribution in [0.1, 0.15) is 111 Å². The lowest BCUT2D eigenvalue weighted by Gasteiger charge is -2.49. The number of methoxy groups -OCH3 is 1. The summed E-state index contributed by atoms with van der Waals surface area (Å²) < 4.78 is 52.2. The summed E-state index contributed by atoms with van der Waals surface area (Å²) in [4.78, 5) is 60.8. The van der Waals surface area contributed by atoms with Crippen molar-refractivity contribution in [1.29, 1.82) is 5.26 Å². The zero-order valence-corrected chi connectivity index (χ0v) is 49.2. The smallest absolute Gasteiger partial charge is 0.407 e. The molecule has 0 saturated carbocycles. The van der Waals surface area contributed by atoms with Gasteiger partial charge in [0, 0.05) is 72.6 Å². The number of alkyl carbamates (subject to hydrolysis) is 1. The first-order chi connectivity index (χ1) is 37.6. The molecule has 80 heavy (non-hydrogen) atoms. The molecule has 0 aliphatic carbocycles. The molecule has 1 amide bonds. The highest BCUT2D eigenvalue weighted by Gasteiger charge is 2.54. The predicted molar refractivity (Wildman–Crippen MR) is 293 cm³/mol. The molecule has 4 aliphatic rings. The Morgan fingerprint density at radius 1 is 1.00 bits per heavy atom. The van der Waals surface area contributed by atoms with E-state index in [9.17, 15) is 50.0 Å². The number of esters is 1. The van der Waals surface area contributed by atoms with Gasteiger partial charge in [0.25, 0.3) is 0 Å². The van der Waals surface area contributed by atoms with Gasteiger partial charge in [0.05, 0.1) is 66.5 Å². The molecule has 24 heteroatoms. The molecule has 1 unspecified atom stereocenters. The highest BCUT2D eigenvalue weighted by molar-refractivity contribution is 7.99. The first-order valence-corrected chi connectivity index (χ1v) is 28.6. The predicted octanol–water partition coefficient (Wildman–Crippen LogP) is 4.22. The van der Waals surface area contributed by atoms with Crippen molar-refractivity contribution in [3.63, 3.8) is 0 Å². The molecule has 6 rings (SSSR count). The third kappa shape index (κ3) is 14.6. The van der Waals surface area contributed by atoms with Crippen LogP contribution in [0.2, 0.25) is 0 Å². The molecule has 448 valence electrons. The van der Waals surface area contributed by atoms with Crippen LogP contribution in [0, 0.1) is 35.0 Å². The van der Waals surface area contributed by atoms with Gasteiger partial charge in [-0.2, -0.15) is 5.26 Å². The third-order valence-electron chi connectivity index (χ3n) is 16.4. The number of aliphatic hydroxyl groups excluding tert-OH is 2. The number of hydrogen-bond donors (Lipinski definition) is 6. The molecule has 6 N–H and O–H groups in total. The standard InChI is InChI=1S/C56H85N5O18S/c1-14-40-56(10,70)47(64)31(4)42(59-73-19-16-57)29(2)26-54(8,69)48(78-52-45(63)39(60(11)12)23-30(3)74-52)32(5)46(33(6)51(67)76-40)77-41-27-55(9,71-13)49(34(7)75-41)79-53(68)58-17-20-72-21-22-80-36-24-35-15-18-61-28-38(50(65)66)44(62)37(25-36)43(35)61/h24-25,28-34,39-41,45-49,52,63-64,69-70H,14-15,17-23,26-27H2,1-13H3,(H,58,68)(H,65,66)/b59-42+/t29-,30-,31+,32+,33-,34+,39+,40-,41+,45-,46+,47-,48-,49+,52?,54-,55-,56-/m1/s1. The Kier molecular flexibility index (Phi) is 22.0. The molecule has 2 aromatic rings. The second-order valence-corrected chi connectivity index (χ2v) is 24.1. The van der Waals surface area contributed by atoms with Crippen molar-refractivity contribution in [3.8, 4) is 6.07 Å². The van der Waals surface area contributed by atoms with E-state index in [1.165, 1.54) is 32.0 Å². The molecule has 1 aromatic heterocycles. The summed E-state index contributed by atoms with van der Waals surface area (Å²) in [5.74, 6) is -5.33. The van der Waals surface area contributed by atoms with Crippen molar-refractivity contribution in [2.75, 3.05) is 53.3 Å². The Labute approximate surface area is 472 Å². The van der Waals surface area contributed by atoms with Crippen LogP contribution in [0.15, 0.2) is 33.2 Å². The number of pyridine rings is 1. The third-order valence-corrected chi connectivity index (χ3v) is 17.4. The molecule has 0 bridgehead atoms. The Bertz CT molecular complexity index is 2610. The van der Waals surface area contributed by atoms with E-state index in [0.717, 1.165) is 16.0 Å². The lowest BCUT2D eigenvalue weighted by Crippen LogP contribution is -2.61. The topological polar surface area (TPSA) is 309 Å². The van der Waals surface area contributed by atoms with E-state index in [1.54, 1.807) is 61.5 Å². The molecule has 0 spiro atoms. The van der Waals surface area contributed by atoms with Crippen LogP contribution in [0.3, 0.4) is 0 Å². The summed E-state index contributed by atoms with van der Waals surface area (Å²) in [5.41, 5.74) is -3.97. The zero-order chi connectivity index (χ0) is 59.2. The number of nitrogens with one attached hydrogen (secondary N) is 1. The van der Waals surface area contributed by atoms with Gasteiger partial charge in [-0.25, -0.2) is 9.59 Å². The second kappa shape index (κ2) is 27.3. The van der Waals surface area contributed by atoms with Gasteiger partial charge in [-0.3, -0.25) is 9.59 Å². The molecule has 1 aromatic carbocycles. The number of thioether (sulfide) groups is 1. The van der Waals surface area contributed by atoms with Gasteiger partial charge in [-0.05, 0) is 99.0 Å². The minimum atomic E-state index is -2.05. The minimum Gasteiger partial charge on any atom is -0.477 e. The number of cyclic esters (lactones) is 1. The average molecular weight is 1150 g/mol. The number of carboxylic acid groups (broad SMARTS) is 1. The minimum absolute atomic E-state index is 0.0303. The number of likely N-dealkylation sites (N-methyl/N-ethyl adjacent to an activating group) is 1. The van der Waals surface area contributed by atoms with Gasteiger partial charge in [0.15, 0.2) is 18.7 Å². The van der Waals surface area contributed by atoms with Crippen LogP contribution in [0.5, 0.6) is 0 Å². The number of nitriles is 1. The number of aromatic nitrogens is 1. The molecule has 0 radical (unpaired) electrons. The summed E-state index contributed by atoms with van der Waals surface area (Å²) in [6, 6.07) is 5.21. The van der Waals surface area contributed by atoms with Crippen molar-refractivity contribution in [2.24, 2.45) is 28.8 Å². The summed E-state index contributed by atoms with van der Waals surface area (Å²) in [5, 5.41) is 74.9. The van der Waals surface area contributed by atoms with E-state index in [0.29, 0.717) is 37.1 Å². The number of hydrogen-bond acceptors (Lipinski definition) is 21. The average Bonchev–Trinajstić information content (AvgIpc) is 4.02. The first kappa shape index (κ1) is 64.7. The van der Waals surface area contributed by atoms with Gasteiger partial charge in [0.1, 0.15) is 35.0 Å². The number of ether oxygens (including phenoxy) is 8. The van der Waals surface area contributed by atoms with E-state index < -0.39 is 132 Å². The number of oxime groups is 1. The number of benzene rings is 1. The lowest BCUT2D eigenvalue weighted by atomic mass is 9.73. The Morgan fingerprint density at radius 2 is 1.71 bits per heavy atom. The van der Waals surface area contributed by atoms with Crippen LogP contribution in [-0.4, -0.2) is 196 Å². The fraction of sp³-hybridized carbons (Fsp3) is 0.750. The van der Waals surface area contributed by atoms with Crippen molar-refractivity contribution < 1.29 is 82.6 Å². The van der Waals surface area contributed by atoms with E-state index >= 15 is 0 Å². The Morgan fingerprint density at radius 3 is 2.36 bits per heavy atom. The van der Waals surface area contributed by atoms with E-state index in [-0.39, 0.29) is 49.8 Å². The molecule has 23 nitrogen and oxygen atoms in total. The summed E-state index contributed by atoms with van der Waals surface area (Å²) >= 11 is 1.47. The molecule has 3 fully saturated rings. The number of aryl methyl sites for hydroxylation is 2. The molecular formula is C56H85N5O18S.